The third-order valence-corrected chi connectivity index (χ3v) is 8.83. The molecule has 0 aliphatic heterocycles. The normalized spacial score (nSPS) is 21.2. The summed E-state index contributed by atoms with van der Waals surface area (Å²) in [5.74, 6) is 0.492. The molecule has 5 heteroatoms. The van der Waals surface area contributed by atoms with Gasteiger partial charge in [-0.3, -0.25) is 4.79 Å². The topological polar surface area (TPSA) is 63.2 Å². The van der Waals surface area contributed by atoms with Crippen LogP contribution in [0.3, 0.4) is 0 Å². The quantitative estimate of drug-likeness (QED) is 0.493. The van der Waals surface area contributed by atoms with Crippen LogP contribution in [0.2, 0.25) is 0 Å². The number of fused-ring (bicyclic) bond motifs is 1. The number of hydrogen-bond donors (Lipinski definition) is 1. The van der Waals surface area contributed by atoms with Crippen LogP contribution < -0.4 is 4.72 Å². The maximum atomic E-state index is 12.9. The molecule has 3 aromatic rings. The molecule has 0 radical (unpaired) electrons. The van der Waals surface area contributed by atoms with E-state index in [1.54, 1.807) is 12.1 Å². The van der Waals surface area contributed by atoms with E-state index in [1.807, 2.05) is 12.1 Å². The minimum absolute atomic E-state index is 0.0281. The Bertz CT molecular complexity index is 1270. The molecule has 4 nitrogen and oxygen atoms in total. The smallest absolute Gasteiger partial charge is 0.240 e. The van der Waals surface area contributed by atoms with Crippen molar-refractivity contribution in [2.75, 3.05) is 0 Å². The predicted octanol–water partition coefficient (Wildman–Crippen LogP) is 5.67. The van der Waals surface area contributed by atoms with Crippen molar-refractivity contribution in [3.63, 3.8) is 0 Å². The Morgan fingerprint density at radius 1 is 0.970 bits per heavy atom. The first kappa shape index (κ1) is 22.3. The molecule has 33 heavy (non-hydrogen) atoms. The van der Waals surface area contributed by atoms with Crippen LogP contribution in [-0.2, 0) is 21.2 Å². The molecule has 2 saturated carbocycles. The van der Waals surface area contributed by atoms with Crippen LogP contribution in [-0.4, -0.2) is 20.2 Å². The number of ketones is 1. The summed E-state index contributed by atoms with van der Waals surface area (Å²) in [6.45, 7) is 2.10. The number of nitrogens with one attached hydrogen (secondary N) is 1. The van der Waals surface area contributed by atoms with Gasteiger partial charge in [0.05, 0.1) is 4.90 Å². The van der Waals surface area contributed by atoms with Crippen molar-refractivity contribution in [3.05, 3.63) is 77.4 Å². The molecule has 2 atom stereocenters. The number of sulfonamides is 1. The largest absolute Gasteiger partial charge is 0.299 e. The van der Waals surface area contributed by atoms with E-state index < -0.39 is 10.0 Å². The predicted molar refractivity (Wildman–Crippen MR) is 132 cm³/mol. The number of benzene rings is 3. The van der Waals surface area contributed by atoms with Gasteiger partial charge in [0.25, 0.3) is 0 Å². The van der Waals surface area contributed by atoms with Crippen LogP contribution in [0, 0.1) is 12.8 Å². The fraction of sp³-hybridized carbons (Fsp3) is 0.393. The molecule has 0 heterocycles. The minimum Gasteiger partial charge on any atom is -0.299 e. The molecule has 1 N–H and O–H groups in total. The first-order valence-electron chi connectivity index (χ1n) is 12.0. The maximum absolute atomic E-state index is 12.9. The molecule has 0 unspecified atom stereocenters. The van der Waals surface area contributed by atoms with Crippen molar-refractivity contribution in [1.82, 2.24) is 4.72 Å². The molecule has 0 amide bonds. The Morgan fingerprint density at radius 3 is 2.48 bits per heavy atom. The van der Waals surface area contributed by atoms with Gasteiger partial charge in [0.1, 0.15) is 5.78 Å². The van der Waals surface area contributed by atoms with E-state index in [0.717, 1.165) is 43.2 Å². The zero-order valence-corrected chi connectivity index (χ0v) is 19.9. The van der Waals surface area contributed by atoms with Crippen LogP contribution in [0.25, 0.3) is 10.8 Å². The van der Waals surface area contributed by atoms with Crippen LogP contribution >= 0.6 is 0 Å². The van der Waals surface area contributed by atoms with E-state index in [4.69, 9.17) is 0 Å². The number of aryl methyl sites for hydroxylation is 1. The summed E-state index contributed by atoms with van der Waals surface area (Å²) in [5, 5.41) is 2.40. The van der Waals surface area contributed by atoms with Gasteiger partial charge in [0, 0.05) is 18.4 Å². The molecule has 2 aliphatic carbocycles. The summed E-state index contributed by atoms with van der Waals surface area (Å²) in [4.78, 5) is 13.2. The van der Waals surface area contributed by atoms with Gasteiger partial charge in [-0.25, -0.2) is 13.1 Å². The number of hydrogen-bond acceptors (Lipinski definition) is 3. The van der Waals surface area contributed by atoms with Crippen molar-refractivity contribution in [1.29, 1.82) is 0 Å². The van der Waals surface area contributed by atoms with Gasteiger partial charge >= 0.3 is 0 Å². The van der Waals surface area contributed by atoms with Crippen molar-refractivity contribution in [2.24, 2.45) is 5.92 Å². The molecule has 2 aliphatic rings. The van der Waals surface area contributed by atoms with Gasteiger partial charge in [-0.2, -0.15) is 0 Å². The third kappa shape index (κ3) is 4.90. The highest BCUT2D eigenvalue weighted by Crippen LogP contribution is 2.48. The van der Waals surface area contributed by atoms with Crippen molar-refractivity contribution in [2.45, 2.75) is 68.7 Å². The van der Waals surface area contributed by atoms with E-state index in [1.165, 1.54) is 22.8 Å². The standard InChI is InChI=1S/C28H31NO3S/c1-19-6-5-7-21-11-10-20(16-25(19)21)17-28(30)27-18-26(27)22-12-14-24(15-13-22)33(31,32)29-23-8-3-2-4-9-23/h5-7,10-16,23,26-27,29H,2-4,8-9,17-18H2,1H3/t26-,27+/m0/s1. The Labute approximate surface area is 196 Å². The molecule has 0 saturated heterocycles. The molecule has 5 rings (SSSR count). The van der Waals surface area contributed by atoms with Crippen molar-refractivity contribution < 1.29 is 13.2 Å². The lowest BCUT2D eigenvalue weighted by molar-refractivity contribution is -0.119. The SMILES string of the molecule is Cc1cccc2ccc(CC(=O)[C@@H]3C[C@H]3c3ccc(S(=O)(=O)NC4CCCCC4)cc3)cc12. The summed E-state index contributed by atoms with van der Waals surface area (Å²) in [6, 6.07) is 19.7. The number of carbonyl (C=O) groups is 1. The minimum atomic E-state index is -3.49. The second-order valence-corrected chi connectivity index (χ2v) is 11.5. The van der Waals surface area contributed by atoms with Crippen LogP contribution in [0.4, 0.5) is 0 Å². The highest BCUT2D eigenvalue weighted by Gasteiger charge is 2.43. The fourth-order valence-corrected chi connectivity index (χ4v) is 6.54. The summed E-state index contributed by atoms with van der Waals surface area (Å²) in [7, 11) is -3.49. The number of rotatable bonds is 7. The van der Waals surface area contributed by atoms with Gasteiger partial charge in [-0.15, -0.1) is 0 Å². The van der Waals surface area contributed by atoms with Crippen molar-refractivity contribution in [3.8, 4) is 0 Å². The van der Waals surface area contributed by atoms with Gasteiger partial charge in [-0.05, 0) is 71.7 Å². The lowest BCUT2D eigenvalue weighted by Crippen LogP contribution is -2.36. The maximum Gasteiger partial charge on any atom is 0.240 e. The lowest BCUT2D eigenvalue weighted by atomic mass is 9.96. The highest BCUT2D eigenvalue weighted by atomic mass is 32.2. The first-order chi connectivity index (χ1) is 15.9. The summed E-state index contributed by atoms with van der Waals surface area (Å²) in [5.41, 5.74) is 3.33. The second kappa shape index (κ2) is 9.03. The molecule has 0 spiro atoms. The molecular formula is C28H31NO3S. The molecular weight excluding hydrogens is 430 g/mol. The molecule has 3 aromatic carbocycles. The zero-order valence-electron chi connectivity index (χ0n) is 19.1. The average Bonchev–Trinajstić information content (AvgIpc) is 3.61. The van der Waals surface area contributed by atoms with Crippen LogP contribution in [0.15, 0.2) is 65.6 Å². The van der Waals surface area contributed by atoms with Gasteiger partial charge in [0.2, 0.25) is 10.0 Å². The van der Waals surface area contributed by atoms with Crippen molar-refractivity contribution >= 4 is 26.6 Å². The number of carbonyl (C=O) groups excluding carboxylic acids is 1. The molecule has 2 fully saturated rings. The zero-order chi connectivity index (χ0) is 23.0. The van der Waals surface area contributed by atoms with Crippen LogP contribution in [0.1, 0.15) is 61.1 Å². The second-order valence-electron chi connectivity index (χ2n) is 9.75. The van der Waals surface area contributed by atoms with Gasteiger partial charge < -0.3 is 0 Å². The summed E-state index contributed by atoms with van der Waals surface area (Å²) >= 11 is 0. The van der Waals surface area contributed by atoms with E-state index in [0.29, 0.717) is 11.3 Å². The molecule has 0 aromatic heterocycles. The van der Waals surface area contributed by atoms with Gasteiger partial charge in [0.15, 0.2) is 0 Å². The molecule has 172 valence electrons. The Balaban J connectivity index is 1.22. The lowest BCUT2D eigenvalue weighted by Gasteiger charge is -2.22. The third-order valence-electron chi connectivity index (χ3n) is 7.29. The van der Waals surface area contributed by atoms with E-state index >= 15 is 0 Å². The van der Waals surface area contributed by atoms with Gasteiger partial charge in [-0.1, -0.05) is 67.8 Å². The monoisotopic (exact) mass is 461 g/mol. The molecule has 0 bridgehead atoms. The Kier molecular flexibility index (Phi) is 6.11. The Morgan fingerprint density at radius 2 is 1.73 bits per heavy atom. The Hall–Kier alpha value is -2.50. The van der Waals surface area contributed by atoms with E-state index in [2.05, 4.69) is 48.0 Å². The van der Waals surface area contributed by atoms with E-state index in [9.17, 15) is 13.2 Å². The summed E-state index contributed by atoms with van der Waals surface area (Å²) in [6.07, 6.45) is 6.49. The average molecular weight is 462 g/mol. The number of Topliss-reactive ketones (excluding diaryl/α,β-unsaturated/α-hetero) is 1. The van der Waals surface area contributed by atoms with Crippen LogP contribution in [0.5, 0.6) is 0 Å². The first-order valence-corrected chi connectivity index (χ1v) is 13.5. The summed E-state index contributed by atoms with van der Waals surface area (Å²) < 4.78 is 28.3. The van der Waals surface area contributed by atoms with E-state index in [-0.39, 0.29) is 23.7 Å². The fourth-order valence-electron chi connectivity index (χ4n) is 5.24. The highest BCUT2D eigenvalue weighted by molar-refractivity contribution is 7.89.